The minimum Gasteiger partial charge on any atom is -0.395 e. The van der Waals surface area contributed by atoms with Gasteiger partial charge < -0.3 is 10.0 Å². The van der Waals surface area contributed by atoms with Gasteiger partial charge in [-0.3, -0.25) is 4.79 Å². The molecule has 0 aliphatic carbocycles. The van der Waals surface area contributed by atoms with Crippen molar-refractivity contribution >= 4 is 17.7 Å². The number of carbonyl (C=O) groups is 1. The van der Waals surface area contributed by atoms with Gasteiger partial charge in [-0.2, -0.15) is 0 Å². The number of likely N-dealkylation sites (N-methyl/N-ethyl adjacent to an activating group) is 1. The van der Waals surface area contributed by atoms with Gasteiger partial charge in [0.05, 0.1) is 12.2 Å². The van der Waals surface area contributed by atoms with Crippen LogP contribution in [0.15, 0.2) is 29.2 Å². The summed E-state index contributed by atoms with van der Waals surface area (Å²) in [6.45, 7) is 2.91. The molecule has 0 fully saturated rings. The normalized spacial score (nSPS) is 10.2. The molecule has 0 aromatic heterocycles. The van der Waals surface area contributed by atoms with E-state index in [9.17, 15) is 4.79 Å². The van der Waals surface area contributed by atoms with Crippen LogP contribution in [0.2, 0.25) is 0 Å². The van der Waals surface area contributed by atoms with Crippen LogP contribution in [-0.2, 0) is 0 Å². The van der Waals surface area contributed by atoms with Crippen molar-refractivity contribution in [3.63, 3.8) is 0 Å². The zero-order valence-corrected chi connectivity index (χ0v) is 10.5. The standard InChI is InChI=1S/C12H17NO2S/c1-3-13(8-9-14)12(15)10-6-4-5-7-11(10)16-2/h4-7,14H,3,8-9H2,1-2H3. The molecule has 0 spiro atoms. The summed E-state index contributed by atoms with van der Waals surface area (Å²) in [5.74, 6) is -0.0125. The Morgan fingerprint density at radius 2 is 2.12 bits per heavy atom. The van der Waals surface area contributed by atoms with Crippen LogP contribution in [0.5, 0.6) is 0 Å². The van der Waals surface area contributed by atoms with Crippen LogP contribution in [0.25, 0.3) is 0 Å². The van der Waals surface area contributed by atoms with Crippen molar-refractivity contribution in [3.8, 4) is 0 Å². The maximum atomic E-state index is 12.1. The molecular weight excluding hydrogens is 222 g/mol. The Morgan fingerprint density at radius 3 is 2.69 bits per heavy atom. The largest absolute Gasteiger partial charge is 0.395 e. The first-order valence-corrected chi connectivity index (χ1v) is 6.50. The Kier molecular flexibility index (Phi) is 5.35. The van der Waals surface area contributed by atoms with Crippen molar-refractivity contribution in [1.29, 1.82) is 0 Å². The Morgan fingerprint density at radius 1 is 1.44 bits per heavy atom. The van der Waals surface area contributed by atoms with E-state index in [1.54, 1.807) is 16.7 Å². The molecule has 1 aromatic rings. The van der Waals surface area contributed by atoms with Gasteiger partial charge in [0.15, 0.2) is 0 Å². The molecular formula is C12H17NO2S. The van der Waals surface area contributed by atoms with Crippen molar-refractivity contribution < 1.29 is 9.90 Å². The Hall–Kier alpha value is -1.00. The predicted molar refractivity (Wildman–Crippen MR) is 66.9 cm³/mol. The summed E-state index contributed by atoms with van der Waals surface area (Å²) in [6.07, 6.45) is 1.95. The van der Waals surface area contributed by atoms with Crippen LogP contribution in [0.3, 0.4) is 0 Å². The average Bonchev–Trinajstić information content (AvgIpc) is 2.35. The number of hydrogen-bond donors (Lipinski definition) is 1. The third-order valence-electron chi connectivity index (χ3n) is 2.38. The van der Waals surface area contributed by atoms with E-state index in [0.717, 1.165) is 4.90 Å². The highest BCUT2D eigenvalue weighted by atomic mass is 32.2. The molecule has 0 bridgehead atoms. The van der Waals surface area contributed by atoms with Crippen molar-refractivity contribution in [2.45, 2.75) is 11.8 Å². The van der Waals surface area contributed by atoms with E-state index in [1.165, 1.54) is 0 Å². The second-order valence-electron chi connectivity index (χ2n) is 3.31. The summed E-state index contributed by atoms with van der Waals surface area (Å²) < 4.78 is 0. The van der Waals surface area contributed by atoms with Gasteiger partial charge in [0.2, 0.25) is 0 Å². The summed E-state index contributed by atoms with van der Waals surface area (Å²) in [5, 5.41) is 8.89. The zero-order chi connectivity index (χ0) is 12.0. The molecule has 1 rings (SSSR count). The van der Waals surface area contributed by atoms with E-state index in [2.05, 4.69) is 0 Å². The summed E-state index contributed by atoms with van der Waals surface area (Å²) in [4.78, 5) is 14.8. The average molecular weight is 239 g/mol. The molecule has 4 heteroatoms. The predicted octanol–water partition coefficient (Wildman–Crippen LogP) is 1.86. The number of thioether (sulfide) groups is 1. The highest BCUT2D eigenvalue weighted by Crippen LogP contribution is 2.21. The number of benzene rings is 1. The SMILES string of the molecule is CCN(CCO)C(=O)c1ccccc1SC. The van der Waals surface area contributed by atoms with Crippen LogP contribution in [-0.4, -0.2) is 41.9 Å². The molecule has 88 valence electrons. The first-order valence-electron chi connectivity index (χ1n) is 5.27. The lowest BCUT2D eigenvalue weighted by Crippen LogP contribution is -2.33. The van der Waals surface area contributed by atoms with Crippen LogP contribution >= 0.6 is 11.8 Å². The fraction of sp³-hybridized carbons (Fsp3) is 0.417. The molecule has 0 aliphatic rings. The maximum absolute atomic E-state index is 12.1. The second kappa shape index (κ2) is 6.55. The van der Waals surface area contributed by atoms with E-state index in [4.69, 9.17) is 5.11 Å². The van der Waals surface area contributed by atoms with E-state index in [-0.39, 0.29) is 12.5 Å². The lowest BCUT2D eigenvalue weighted by molar-refractivity contribution is 0.0728. The summed E-state index contributed by atoms with van der Waals surface area (Å²) >= 11 is 1.56. The molecule has 0 atom stereocenters. The topological polar surface area (TPSA) is 40.5 Å². The highest BCUT2D eigenvalue weighted by molar-refractivity contribution is 7.98. The molecule has 1 N–H and O–H groups in total. The second-order valence-corrected chi connectivity index (χ2v) is 4.16. The maximum Gasteiger partial charge on any atom is 0.255 e. The fourth-order valence-electron chi connectivity index (χ4n) is 1.52. The quantitative estimate of drug-likeness (QED) is 0.797. The van der Waals surface area contributed by atoms with Gasteiger partial charge in [-0.1, -0.05) is 12.1 Å². The van der Waals surface area contributed by atoms with E-state index >= 15 is 0 Å². The molecule has 1 aromatic carbocycles. The lowest BCUT2D eigenvalue weighted by atomic mass is 10.2. The number of rotatable bonds is 5. The molecule has 0 radical (unpaired) electrons. The van der Waals surface area contributed by atoms with Gasteiger partial charge in [-0.25, -0.2) is 0 Å². The van der Waals surface area contributed by atoms with E-state index in [0.29, 0.717) is 18.7 Å². The minimum absolute atomic E-state index is 0.00101. The first kappa shape index (κ1) is 13.1. The third kappa shape index (κ3) is 3.00. The van der Waals surface area contributed by atoms with Crippen molar-refractivity contribution in [2.24, 2.45) is 0 Å². The summed E-state index contributed by atoms with van der Waals surface area (Å²) in [6, 6.07) is 7.55. The van der Waals surface area contributed by atoms with Crippen LogP contribution in [0.4, 0.5) is 0 Å². The lowest BCUT2D eigenvalue weighted by Gasteiger charge is -2.20. The molecule has 0 aliphatic heterocycles. The van der Waals surface area contributed by atoms with Crippen LogP contribution < -0.4 is 0 Å². The number of nitrogens with zero attached hydrogens (tertiary/aromatic N) is 1. The van der Waals surface area contributed by atoms with Gasteiger partial charge in [0.25, 0.3) is 5.91 Å². The molecule has 1 amide bonds. The van der Waals surface area contributed by atoms with Gasteiger partial charge in [-0.15, -0.1) is 11.8 Å². The zero-order valence-electron chi connectivity index (χ0n) is 9.64. The Bertz CT molecular complexity index is 355. The summed E-state index contributed by atoms with van der Waals surface area (Å²) in [7, 11) is 0. The van der Waals surface area contributed by atoms with Crippen LogP contribution in [0.1, 0.15) is 17.3 Å². The number of hydrogen-bond acceptors (Lipinski definition) is 3. The van der Waals surface area contributed by atoms with Gasteiger partial charge >= 0.3 is 0 Å². The van der Waals surface area contributed by atoms with E-state index in [1.807, 2.05) is 37.4 Å². The minimum atomic E-state index is -0.0125. The van der Waals surface area contributed by atoms with Crippen molar-refractivity contribution in [2.75, 3.05) is 26.0 Å². The molecule has 0 saturated carbocycles. The number of aliphatic hydroxyl groups is 1. The molecule has 0 unspecified atom stereocenters. The van der Waals surface area contributed by atoms with Gasteiger partial charge in [-0.05, 0) is 25.3 Å². The fourth-order valence-corrected chi connectivity index (χ4v) is 2.11. The molecule has 16 heavy (non-hydrogen) atoms. The monoisotopic (exact) mass is 239 g/mol. The van der Waals surface area contributed by atoms with Gasteiger partial charge in [0, 0.05) is 18.0 Å². The number of aliphatic hydroxyl groups excluding tert-OH is 1. The number of carbonyl (C=O) groups excluding carboxylic acids is 1. The Labute approximate surface area is 100 Å². The van der Waals surface area contributed by atoms with Crippen molar-refractivity contribution in [3.05, 3.63) is 29.8 Å². The van der Waals surface area contributed by atoms with Crippen molar-refractivity contribution in [1.82, 2.24) is 4.90 Å². The van der Waals surface area contributed by atoms with E-state index < -0.39 is 0 Å². The number of amides is 1. The molecule has 3 nitrogen and oxygen atoms in total. The van der Waals surface area contributed by atoms with Crippen LogP contribution in [0, 0.1) is 0 Å². The smallest absolute Gasteiger partial charge is 0.255 e. The first-order chi connectivity index (χ1) is 7.74. The molecule has 0 heterocycles. The third-order valence-corrected chi connectivity index (χ3v) is 3.17. The summed E-state index contributed by atoms with van der Waals surface area (Å²) in [5.41, 5.74) is 0.713. The highest BCUT2D eigenvalue weighted by Gasteiger charge is 2.16. The van der Waals surface area contributed by atoms with Gasteiger partial charge in [0.1, 0.15) is 0 Å². The molecule has 0 saturated heterocycles. The Balaban J connectivity index is 2.93.